The van der Waals surface area contributed by atoms with Crippen LogP contribution in [0.4, 0.5) is 0 Å². The van der Waals surface area contributed by atoms with Crippen molar-refractivity contribution in [3.05, 3.63) is 0 Å². The molecule has 138 valence electrons. The molecule has 0 radical (unpaired) electrons. The molecular formula is C19H40N2O2. The van der Waals surface area contributed by atoms with Crippen LogP contribution in [-0.2, 0) is 9.63 Å². The summed E-state index contributed by atoms with van der Waals surface area (Å²) < 4.78 is 0. The van der Waals surface area contributed by atoms with Gasteiger partial charge in [-0.15, -0.1) is 0 Å². The second kappa shape index (κ2) is 19.4. The smallest absolute Gasteiger partial charge is 0.219 e. The van der Waals surface area contributed by atoms with Gasteiger partial charge in [0, 0.05) is 13.0 Å². The van der Waals surface area contributed by atoms with Gasteiger partial charge >= 0.3 is 0 Å². The number of hydrogen-bond acceptors (Lipinski definition) is 3. The molecule has 0 aromatic rings. The predicted octanol–water partition coefficient (Wildman–Crippen LogP) is 4.86. The third-order valence-corrected chi connectivity index (χ3v) is 4.27. The maximum atomic E-state index is 11.5. The summed E-state index contributed by atoms with van der Waals surface area (Å²) in [5.74, 6) is 5.08. The van der Waals surface area contributed by atoms with Crippen molar-refractivity contribution < 1.29 is 9.63 Å². The van der Waals surface area contributed by atoms with E-state index in [0.29, 0.717) is 19.6 Å². The van der Waals surface area contributed by atoms with Crippen molar-refractivity contribution in [1.29, 1.82) is 0 Å². The topological polar surface area (TPSA) is 64.3 Å². The minimum absolute atomic E-state index is 0.157. The Labute approximate surface area is 143 Å². The summed E-state index contributed by atoms with van der Waals surface area (Å²) in [6, 6.07) is 0. The maximum Gasteiger partial charge on any atom is 0.219 e. The van der Waals surface area contributed by atoms with Crippen molar-refractivity contribution in [1.82, 2.24) is 5.32 Å². The lowest BCUT2D eigenvalue weighted by molar-refractivity contribution is -0.121. The van der Waals surface area contributed by atoms with Gasteiger partial charge in [-0.25, -0.2) is 5.90 Å². The van der Waals surface area contributed by atoms with E-state index in [-0.39, 0.29) is 5.91 Å². The fourth-order valence-electron chi connectivity index (χ4n) is 2.78. The zero-order valence-corrected chi connectivity index (χ0v) is 15.4. The minimum atomic E-state index is 0.157. The van der Waals surface area contributed by atoms with Gasteiger partial charge in [0.25, 0.3) is 0 Å². The zero-order chi connectivity index (χ0) is 17.0. The first-order valence-electron chi connectivity index (χ1n) is 9.89. The average Bonchev–Trinajstić information content (AvgIpc) is 2.56. The Kier molecular flexibility index (Phi) is 18.9. The second-order valence-electron chi connectivity index (χ2n) is 6.57. The van der Waals surface area contributed by atoms with Crippen LogP contribution >= 0.6 is 0 Å². The summed E-state index contributed by atoms with van der Waals surface area (Å²) in [7, 11) is 0. The normalized spacial score (nSPS) is 10.9. The van der Waals surface area contributed by atoms with Crippen molar-refractivity contribution in [2.45, 2.75) is 103 Å². The summed E-state index contributed by atoms with van der Waals surface area (Å²) in [6.07, 6.45) is 18.8. The Bertz CT molecular complexity index is 248. The Hall–Kier alpha value is -0.610. The first-order valence-corrected chi connectivity index (χ1v) is 9.89. The number of hydrogen-bond donors (Lipinski definition) is 2. The van der Waals surface area contributed by atoms with Crippen LogP contribution < -0.4 is 11.2 Å². The Morgan fingerprint density at radius 1 is 0.783 bits per heavy atom. The van der Waals surface area contributed by atoms with Crippen LogP contribution in [0.3, 0.4) is 0 Å². The molecule has 23 heavy (non-hydrogen) atoms. The summed E-state index contributed by atoms with van der Waals surface area (Å²) in [5, 5.41) is 2.89. The maximum absolute atomic E-state index is 11.5. The highest BCUT2D eigenvalue weighted by molar-refractivity contribution is 5.75. The van der Waals surface area contributed by atoms with Gasteiger partial charge in [-0.3, -0.25) is 4.79 Å². The van der Waals surface area contributed by atoms with E-state index in [4.69, 9.17) is 5.90 Å². The Morgan fingerprint density at radius 3 is 1.74 bits per heavy atom. The highest BCUT2D eigenvalue weighted by Crippen LogP contribution is 2.12. The van der Waals surface area contributed by atoms with E-state index in [1.807, 2.05) is 0 Å². The molecule has 3 N–H and O–H groups in total. The first-order chi connectivity index (χ1) is 11.3. The summed E-state index contributed by atoms with van der Waals surface area (Å²) in [4.78, 5) is 16.0. The van der Waals surface area contributed by atoms with Crippen molar-refractivity contribution in [3.63, 3.8) is 0 Å². The summed E-state index contributed by atoms with van der Waals surface area (Å²) >= 11 is 0. The highest BCUT2D eigenvalue weighted by atomic mass is 16.6. The molecule has 0 aromatic heterocycles. The second-order valence-corrected chi connectivity index (χ2v) is 6.57. The number of nitrogens with two attached hydrogens (primary N) is 1. The Balaban J connectivity index is 3.08. The molecule has 0 spiro atoms. The molecule has 1 amide bonds. The molecular weight excluding hydrogens is 288 g/mol. The molecule has 0 unspecified atom stereocenters. The van der Waals surface area contributed by atoms with Crippen LogP contribution in [0.15, 0.2) is 0 Å². The lowest BCUT2D eigenvalue weighted by atomic mass is 10.0. The van der Waals surface area contributed by atoms with Gasteiger partial charge in [0.1, 0.15) is 0 Å². The average molecular weight is 329 g/mol. The van der Waals surface area contributed by atoms with Crippen molar-refractivity contribution in [2.75, 3.05) is 13.2 Å². The molecule has 0 fully saturated rings. The molecule has 0 rings (SSSR count). The molecule has 0 bridgehead atoms. The standard InChI is InChI=1S/C19H40N2O2/c1-2-3-4-5-6-7-8-9-10-11-12-13-14-16-19(22)21-17-15-18-23-20/h2-18,20H2,1H3,(H,21,22). The lowest BCUT2D eigenvalue weighted by Crippen LogP contribution is -2.25. The van der Waals surface area contributed by atoms with E-state index in [9.17, 15) is 4.79 Å². The SMILES string of the molecule is CCCCCCCCCCCCCCCC(=O)NCCCON. The molecule has 0 aliphatic carbocycles. The predicted molar refractivity (Wildman–Crippen MR) is 98.1 cm³/mol. The number of carbonyl (C=O) groups is 1. The molecule has 0 atom stereocenters. The highest BCUT2D eigenvalue weighted by Gasteiger charge is 2.00. The fraction of sp³-hybridized carbons (Fsp3) is 0.947. The lowest BCUT2D eigenvalue weighted by Gasteiger charge is -2.05. The van der Waals surface area contributed by atoms with Gasteiger partial charge in [-0.1, -0.05) is 84.0 Å². The third-order valence-electron chi connectivity index (χ3n) is 4.27. The van der Waals surface area contributed by atoms with Crippen LogP contribution in [0.2, 0.25) is 0 Å². The van der Waals surface area contributed by atoms with Gasteiger partial charge in [-0.2, -0.15) is 0 Å². The number of rotatable bonds is 18. The zero-order valence-electron chi connectivity index (χ0n) is 15.4. The number of carbonyl (C=O) groups excluding carboxylic acids is 1. The van der Waals surface area contributed by atoms with Gasteiger partial charge < -0.3 is 10.2 Å². The van der Waals surface area contributed by atoms with Crippen molar-refractivity contribution >= 4 is 5.91 Å². The number of unbranched alkanes of at least 4 members (excludes halogenated alkanes) is 12. The van der Waals surface area contributed by atoms with Crippen LogP contribution in [0, 0.1) is 0 Å². The Morgan fingerprint density at radius 2 is 1.26 bits per heavy atom. The molecule has 0 saturated heterocycles. The molecule has 4 nitrogen and oxygen atoms in total. The summed E-state index contributed by atoms with van der Waals surface area (Å²) in [5.41, 5.74) is 0. The number of nitrogens with one attached hydrogen (secondary N) is 1. The van der Waals surface area contributed by atoms with E-state index in [0.717, 1.165) is 12.8 Å². The van der Waals surface area contributed by atoms with E-state index in [2.05, 4.69) is 17.1 Å². The van der Waals surface area contributed by atoms with Gasteiger partial charge in [0.2, 0.25) is 5.91 Å². The van der Waals surface area contributed by atoms with E-state index in [1.54, 1.807) is 0 Å². The monoisotopic (exact) mass is 328 g/mol. The van der Waals surface area contributed by atoms with Gasteiger partial charge in [0.05, 0.1) is 6.61 Å². The third kappa shape index (κ3) is 19.3. The van der Waals surface area contributed by atoms with Crippen LogP contribution in [0.5, 0.6) is 0 Å². The molecule has 0 heterocycles. The van der Waals surface area contributed by atoms with Crippen LogP contribution in [0.1, 0.15) is 103 Å². The van der Waals surface area contributed by atoms with E-state index in [1.165, 1.54) is 77.0 Å². The van der Waals surface area contributed by atoms with E-state index < -0.39 is 0 Å². The molecule has 0 aromatic carbocycles. The van der Waals surface area contributed by atoms with E-state index >= 15 is 0 Å². The van der Waals surface area contributed by atoms with Crippen LogP contribution in [-0.4, -0.2) is 19.1 Å². The summed E-state index contributed by atoms with van der Waals surface area (Å²) in [6.45, 7) is 3.43. The van der Waals surface area contributed by atoms with Crippen LogP contribution in [0.25, 0.3) is 0 Å². The number of amides is 1. The quantitative estimate of drug-likeness (QED) is 0.279. The van der Waals surface area contributed by atoms with Gasteiger partial charge in [0.15, 0.2) is 0 Å². The van der Waals surface area contributed by atoms with Crippen molar-refractivity contribution in [3.8, 4) is 0 Å². The minimum Gasteiger partial charge on any atom is -0.356 e. The van der Waals surface area contributed by atoms with Gasteiger partial charge in [-0.05, 0) is 12.8 Å². The molecule has 0 aliphatic rings. The largest absolute Gasteiger partial charge is 0.356 e. The fourth-order valence-corrected chi connectivity index (χ4v) is 2.78. The molecule has 4 heteroatoms. The molecule has 0 saturated carbocycles. The van der Waals surface area contributed by atoms with Crippen molar-refractivity contribution in [2.24, 2.45) is 5.90 Å². The molecule has 0 aliphatic heterocycles. The first kappa shape index (κ1) is 22.4.